The molecule has 0 saturated carbocycles. The van der Waals surface area contributed by atoms with Gasteiger partial charge in [0.05, 0.1) is 13.8 Å². The van der Waals surface area contributed by atoms with Gasteiger partial charge in [-0.15, -0.1) is 0 Å². The molecule has 15 heavy (non-hydrogen) atoms. The van der Waals surface area contributed by atoms with Gasteiger partial charge >= 0.3 is 73.6 Å². The van der Waals surface area contributed by atoms with Crippen LogP contribution in [-0.4, -0.2) is 9.14 Å². The molecule has 1 aromatic rings. The molecule has 90 valence electrons. The average molecular weight is 444 g/mol. The maximum absolute atomic E-state index is 5.42. The molecule has 0 saturated heterocycles. The SMILES string of the molecule is Cc1cccc(C)[o+]1.[Cl][Sb-]([Cl])([Cl])([Cl])([Cl])[Cl]. The summed E-state index contributed by atoms with van der Waals surface area (Å²) in [5, 5.41) is 0. The van der Waals surface area contributed by atoms with Gasteiger partial charge in [-0.25, -0.2) is 4.42 Å². The molecule has 1 heterocycles. The van der Waals surface area contributed by atoms with Gasteiger partial charge < -0.3 is 0 Å². The van der Waals surface area contributed by atoms with E-state index in [0.717, 1.165) is 11.5 Å². The Morgan fingerprint density at radius 1 is 0.867 bits per heavy atom. The van der Waals surface area contributed by atoms with Gasteiger partial charge in [0.2, 0.25) is 0 Å². The molecule has 1 rings (SSSR count). The van der Waals surface area contributed by atoms with Gasteiger partial charge in [0.15, 0.2) is 0 Å². The van der Waals surface area contributed by atoms with Crippen molar-refractivity contribution >= 4 is 62.1 Å². The summed E-state index contributed by atoms with van der Waals surface area (Å²) >= 11 is 0. The Labute approximate surface area is 109 Å². The third-order valence-corrected chi connectivity index (χ3v) is 0.984. The summed E-state index contributed by atoms with van der Waals surface area (Å²) in [6.45, 7) is 3.88. The van der Waals surface area contributed by atoms with Gasteiger partial charge in [-0.2, -0.15) is 0 Å². The molecule has 1 nitrogen and oxygen atoms in total. The Morgan fingerprint density at radius 3 is 1.27 bits per heavy atom. The molecule has 0 atom stereocenters. The number of rotatable bonds is 0. The first-order valence-electron chi connectivity index (χ1n) is 3.67. The van der Waals surface area contributed by atoms with Crippen LogP contribution in [0.3, 0.4) is 0 Å². The van der Waals surface area contributed by atoms with Crippen LogP contribution in [0.25, 0.3) is 0 Å². The minimum atomic E-state index is -5.42. The van der Waals surface area contributed by atoms with Gasteiger partial charge in [0.25, 0.3) is 0 Å². The Morgan fingerprint density at radius 2 is 1.13 bits per heavy atom. The van der Waals surface area contributed by atoms with Crippen LogP contribution in [0.15, 0.2) is 22.6 Å². The zero-order valence-electron chi connectivity index (χ0n) is 7.86. The second-order valence-corrected chi connectivity index (χ2v) is 59.7. The number of halogens is 6. The van der Waals surface area contributed by atoms with Gasteiger partial charge in [-0.05, 0) is 6.07 Å². The first-order chi connectivity index (χ1) is 6.24. The Balaban J connectivity index is 0.000000265. The van der Waals surface area contributed by atoms with Crippen molar-refractivity contribution in [3.05, 3.63) is 29.7 Å². The fraction of sp³-hybridized carbons (Fsp3) is 0.286. The first kappa shape index (κ1) is 16.7. The normalized spacial score (nSPS) is 15.7. The van der Waals surface area contributed by atoms with E-state index in [-0.39, 0.29) is 0 Å². The number of hydrogen-bond donors (Lipinski definition) is 0. The molecule has 0 aliphatic heterocycles. The maximum atomic E-state index is 5.18. The molecule has 0 aliphatic carbocycles. The van der Waals surface area contributed by atoms with Crippen LogP contribution in [0, 0.1) is 13.8 Å². The summed E-state index contributed by atoms with van der Waals surface area (Å²) in [5.41, 5.74) is 0. The molecule has 1 aromatic heterocycles. The minimum absolute atomic E-state index is 0.963. The van der Waals surface area contributed by atoms with Crippen LogP contribution in [0.2, 0.25) is 0 Å². The van der Waals surface area contributed by atoms with Crippen molar-refractivity contribution in [1.82, 2.24) is 0 Å². The Bertz CT molecular complexity index is 314. The third-order valence-electron chi connectivity index (χ3n) is 0.984. The van der Waals surface area contributed by atoms with E-state index in [0.29, 0.717) is 0 Å². The number of aryl methyl sites for hydroxylation is 2. The quantitative estimate of drug-likeness (QED) is 0.357. The van der Waals surface area contributed by atoms with Crippen LogP contribution in [-0.2, 0) is 0 Å². The Hall–Kier alpha value is 1.71. The second kappa shape index (κ2) is 4.76. The molecular weight excluding hydrogens is 435 g/mol. The van der Waals surface area contributed by atoms with E-state index in [1.165, 1.54) is 0 Å². The molecule has 0 aromatic carbocycles. The monoisotopic (exact) mass is 440 g/mol. The average Bonchev–Trinajstić information content (AvgIpc) is 1.77. The van der Waals surface area contributed by atoms with Gasteiger partial charge in [-0.3, -0.25) is 0 Å². The van der Waals surface area contributed by atoms with E-state index < -0.39 is 9.14 Å². The summed E-state index contributed by atoms with van der Waals surface area (Å²) in [6, 6.07) is 5.86. The summed E-state index contributed by atoms with van der Waals surface area (Å²) in [7, 11) is 25.0. The van der Waals surface area contributed by atoms with E-state index in [4.69, 9.17) is 57.4 Å². The number of hydrogen-bond acceptors (Lipinski definition) is 0. The van der Waals surface area contributed by atoms with Crippen molar-refractivity contribution < 1.29 is 4.42 Å². The van der Waals surface area contributed by atoms with Gasteiger partial charge in [-0.1, -0.05) is 0 Å². The fourth-order valence-corrected chi connectivity index (χ4v) is 0.641. The van der Waals surface area contributed by atoms with Crippen molar-refractivity contribution in [1.29, 1.82) is 0 Å². The summed E-state index contributed by atoms with van der Waals surface area (Å²) in [6.07, 6.45) is 0. The summed E-state index contributed by atoms with van der Waals surface area (Å²) in [4.78, 5) is 0. The van der Waals surface area contributed by atoms with E-state index in [1.807, 2.05) is 32.0 Å². The van der Waals surface area contributed by atoms with Crippen LogP contribution < -0.4 is 0 Å². The molecule has 0 amide bonds. The summed E-state index contributed by atoms with van der Waals surface area (Å²) in [5.74, 6) is 1.93. The van der Waals surface area contributed by atoms with E-state index in [2.05, 4.69) is 0 Å². The molecule has 8 heteroatoms. The van der Waals surface area contributed by atoms with Crippen molar-refractivity contribution in [2.75, 3.05) is 0 Å². The van der Waals surface area contributed by atoms with Crippen LogP contribution >= 0.6 is 53.0 Å². The van der Waals surface area contributed by atoms with Crippen molar-refractivity contribution in [2.45, 2.75) is 13.8 Å². The van der Waals surface area contributed by atoms with E-state index in [1.54, 1.807) is 0 Å². The first-order valence-corrected chi connectivity index (χ1v) is 23.1. The Kier molecular flexibility index (Phi) is 5.31. The molecule has 0 N–H and O–H groups in total. The molecule has 0 aliphatic rings. The zero-order valence-corrected chi connectivity index (χ0v) is 14.9. The topological polar surface area (TPSA) is 11.3 Å². The van der Waals surface area contributed by atoms with Crippen LogP contribution in [0.1, 0.15) is 11.5 Å². The molecule has 0 unspecified atom stereocenters. The predicted octanol–water partition coefficient (Wildman–Crippen LogP) is 5.93. The molecule has 0 spiro atoms. The van der Waals surface area contributed by atoms with Crippen LogP contribution in [0.4, 0.5) is 0 Å². The van der Waals surface area contributed by atoms with Gasteiger partial charge in [0, 0.05) is 12.1 Å². The summed E-state index contributed by atoms with van der Waals surface area (Å²) < 4.78 is 5.18. The molecule has 0 bridgehead atoms. The van der Waals surface area contributed by atoms with Crippen LogP contribution in [0.5, 0.6) is 0 Å². The van der Waals surface area contributed by atoms with E-state index in [9.17, 15) is 0 Å². The van der Waals surface area contributed by atoms with Gasteiger partial charge in [0.1, 0.15) is 0 Å². The standard InChI is InChI=1S/C7H9O.6ClH.Sb/c1-6-4-3-5-7(2)8-6;;;;;;;/h3-5H,1-2H3;6*1H;/q+1;;;;;;;+5/p-6. The molecule has 0 radical (unpaired) electrons. The van der Waals surface area contributed by atoms with E-state index >= 15 is 0 Å². The van der Waals surface area contributed by atoms with Crippen molar-refractivity contribution in [3.63, 3.8) is 0 Å². The third kappa shape index (κ3) is 21.5. The molecule has 0 fully saturated rings. The van der Waals surface area contributed by atoms with Crippen molar-refractivity contribution in [3.8, 4) is 0 Å². The second-order valence-electron chi connectivity index (χ2n) is 2.81. The molecular formula is C7H9Cl6OSb. The fourth-order valence-electron chi connectivity index (χ4n) is 0.641. The predicted molar refractivity (Wildman–Crippen MR) is 73.5 cm³/mol. The van der Waals surface area contributed by atoms with Crippen molar-refractivity contribution in [2.24, 2.45) is 0 Å². The zero-order chi connectivity index (χ0) is 12.4.